The molecule has 1 N–H and O–H groups in total. The first-order valence-corrected chi connectivity index (χ1v) is 9.21. The van der Waals surface area contributed by atoms with Crippen molar-refractivity contribution in [2.45, 2.75) is 6.92 Å². The number of hydrogen-bond donors (Lipinski definition) is 1. The summed E-state index contributed by atoms with van der Waals surface area (Å²) in [6.45, 7) is 2.02. The number of fused-ring (bicyclic) bond motifs is 1. The Morgan fingerprint density at radius 1 is 1.15 bits per heavy atom. The van der Waals surface area contributed by atoms with E-state index in [0.29, 0.717) is 15.6 Å². The van der Waals surface area contributed by atoms with Crippen LogP contribution in [0.1, 0.15) is 22.8 Å². The van der Waals surface area contributed by atoms with Gasteiger partial charge in [-0.1, -0.05) is 41.9 Å². The van der Waals surface area contributed by atoms with Crippen LogP contribution < -0.4 is 5.32 Å². The predicted molar refractivity (Wildman–Crippen MR) is 107 cm³/mol. The van der Waals surface area contributed by atoms with Crippen LogP contribution in [0.15, 0.2) is 54.6 Å². The molecule has 0 aliphatic heterocycles. The monoisotopic (exact) mass is 385 g/mol. The SMILES string of the molecule is CCOC(=O)c1c(NC(=O)/C=C/c2ccc(Cl)cc2)sc2ccccc12. The quantitative estimate of drug-likeness (QED) is 0.473. The second-order valence-electron chi connectivity index (χ2n) is 5.40. The molecule has 3 rings (SSSR count). The van der Waals surface area contributed by atoms with Gasteiger partial charge in [-0.15, -0.1) is 11.3 Å². The molecule has 0 aliphatic carbocycles. The average Bonchev–Trinajstić information content (AvgIpc) is 2.99. The van der Waals surface area contributed by atoms with E-state index in [9.17, 15) is 9.59 Å². The second kappa shape index (κ2) is 8.17. The molecule has 0 saturated heterocycles. The summed E-state index contributed by atoms with van der Waals surface area (Å²) in [4.78, 5) is 24.6. The summed E-state index contributed by atoms with van der Waals surface area (Å²) >= 11 is 7.19. The third kappa shape index (κ3) is 4.12. The van der Waals surface area contributed by atoms with Crippen LogP contribution in [0, 0.1) is 0 Å². The lowest BCUT2D eigenvalue weighted by Crippen LogP contribution is -2.12. The number of rotatable bonds is 5. The summed E-state index contributed by atoms with van der Waals surface area (Å²) < 4.78 is 6.05. The summed E-state index contributed by atoms with van der Waals surface area (Å²) in [5.74, 6) is -0.765. The van der Waals surface area contributed by atoms with E-state index in [0.717, 1.165) is 15.6 Å². The Balaban J connectivity index is 1.85. The Labute approximate surface area is 160 Å². The number of carbonyl (C=O) groups is 2. The number of anilines is 1. The summed E-state index contributed by atoms with van der Waals surface area (Å²) in [6.07, 6.45) is 3.10. The number of esters is 1. The molecule has 0 spiro atoms. The van der Waals surface area contributed by atoms with Crippen LogP contribution in [-0.4, -0.2) is 18.5 Å². The molecule has 0 radical (unpaired) electrons. The zero-order valence-corrected chi connectivity index (χ0v) is 15.6. The molecule has 6 heteroatoms. The van der Waals surface area contributed by atoms with E-state index < -0.39 is 5.97 Å². The van der Waals surface area contributed by atoms with Gasteiger partial charge in [-0.05, 0) is 36.8 Å². The van der Waals surface area contributed by atoms with Crippen LogP contribution in [0.3, 0.4) is 0 Å². The molecule has 0 saturated carbocycles. The van der Waals surface area contributed by atoms with Crippen molar-refractivity contribution >= 4 is 56.0 Å². The van der Waals surface area contributed by atoms with Gasteiger partial charge in [0.25, 0.3) is 0 Å². The van der Waals surface area contributed by atoms with E-state index in [1.54, 1.807) is 25.1 Å². The van der Waals surface area contributed by atoms with Gasteiger partial charge in [0.2, 0.25) is 5.91 Å². The van der Waals surface area contributed by atoms with Crippen molar-refractivity contribution in [1.82, 2.24) is 0 Å². The maximum absolute atomic E-state index is 12.3. The van der Waals surface area contributed by atoms with E-state index in [-0.39, 0.29) is 12.5 Å². The molecule has 0 aliphatic rings. The number of thiophene rings is 1. The summed E-state index contributed by atoms with van der Waals surface area (Å²) in [5.41, 5.74) is 1.24. The number of ether oxygens (including phenoxy) is 1. The lowest BCUT2D eigenvalue weighted by atomic mass is 10.1. The van der Waals surface area contributed by atoms with Crippen LogP contribution in [0.25, 0.3) is 16.2 Å². The van der Waals surface area contributed by atoms with Crippen molar-refractivity contribution in [1.29, 1.82) is 0 Å². The van der Waals surface area contributed by atoms with Gasteiger partial charge in [-0.2, -0.15) is 0 Å². The summed E-state index contributed by atoms with van der Waals surface area (Å²) in [7, 11) is 0. The summed E-state index contributed by atoms with van der Waals surface area (Å²) in [6, 6.07) is 14.6. The van der Waals surface area contributed by atoms with Gasteiger partial charge in [0.05, 0.1) is 6.61 Å². The van der Waals surface area contributed by atoms with Gasteiger partial charge < -0.3 is 10.1 Å². The molecule has 2 aromatic carbocycles. The van der Waals surface area contributed by atoms with E-state index in [1.807, 2.05) is 36.4 Å². The van der Waals surface area contributed by atoms with Crippen molar-refractivity contribution in [2.75, 3.05) is 11.9 Å². The number of carbonyl (C=O) groups excluding carboxylic acids is 2. The molecule has 132 valence electrons. The molecule has 26 heavy (non-hydrogen) atoms. The first-order valence-electron chi connectivity index (χ1n) is 8.01. The van der Waals surface area contributed by atoms with Crippen molar-refractivity contribution in [3.63, 3.8) is 0 Å². The molecule has 0 atom stereocenters. The average molecular weight is 386 g/mol. The van der Waals surface area contributed by atoms with Gasteiger partial charge in [0.15, 0.2) is 0 Å². The molecule has 0 unspecified atom stereocenters. The zero-order chi connectivity index (χ0) is 18.5. The normalized spacial score (nSPS) is 11.0. The van der Waals surface area contributed by atoms with E-state index in [1.165, 1.54) is 17.4 Å². The van der Waals surface area contributed by atoms with E-state index in [4.69, 9.17) is 16.3 Å². The number of amides is 1. The maximum Gasteiger partial charge on any atom is 0.341 e. The van der Waals surface area contributed by atoms with Gasteiger partial charge >= 0.3 is 5.97 Å². The molecule has 0 fully saturated rings. The van der Waals surface area contributed by atoms with Gasteiger partial charge in [0, 0.05) is 21.2 Å². The Bertz CT molecular complexity index is 976. The van der Waals surface area contributed by atoms with Crippen LogP contribution >= 0.6 is 22.9 Å². The maximum atomic E-state index is 12.3. The molecule has 1 amide bonds. The van der Waals surface area contributed by atoms with Crippen molar-refractivity contribution in [3.8, 4) is 0 Å². The highest BCUT2D eigenvalue weighted by Crippen LogP contribution is 2.36. The fraction of sp³-hybridized carbons (Fsp3) is 0.100. The Hall–Kier alpha value is -2.63. The highest BCUT2D eigenvalue weighted by atomic mass is 35.5. The smallest absolute Gasteiger partial charge is 0.341 e. The van der Waals surface area contributed by atoms with Gasteiger partial charge in [0.1, 0.15) is 10.6 Å². The Morgan fingerprint density at radius 2 is 1.88 bits per heavy atom. The highest BCUT2D eigenvalue weighted by Gasteiger charge is 2.20. The van der Waals surface area contributed by atoms with E-state index >= 15 is 0 Å². The van der Waals surface area contributed by atoms with Crippen molar-refractivity contribution in [3.05, 3.63) is 70.8 Å². The first-order chi connectivity index (χ1) is 12.6. The minimum atomic E-state index is -0.443. The lowest BCUT2D eigenvalue weighted by molar-refractivity contribution is -0.111. The predicted octanol–water partition coefficient (Wildman–Crippen LogP) is 5.38. The molecule has 0 bridgehead atoms. The standard InChI is InChI=1S/C20H16ClNO3S/c1-2-25-20(24)18-15-5-3-4-6-16(15)26-19(18)22-17(23)12-9-13-7-10-14(21)11-8-13/h3-12H,2H2,1H3,(H,22,23)/b12-9+. The third-order valence-corrected chi connectivity index (χ3v) is 4.95. The first kappa shape index (κ1) is 18.2. The second-order valence-corrected chi connectivity index (χ2v) is 6.89. The Kier molecular flexibility index (Phi) is 5.71. The van der Waals surface area contributed by atoms with Crippen LogP contribution in [0.2, 0.25) is 5.02 Å². The number of halogens is 1. The topological polar surface area (TPSA) is 55.4 Å². The van der Waals surface area contributed by atoms with Crippen LogP contribution in [-0.2, 0) is 9.53 Å². The van der Waals surface area contributed by atoms with Crippen LogP contribution in [0.4, 0.5) is 5.00 Å². The zero-order valence-electron chi connectivity index (χ0n) is 14.0. The molecule has 3 aromatic rings. The number of benzene rings is 2. The minimum Gasteiger partial charge on any atom is -0.462 e. The highest BCUT2D eigenvalue weighted by molar-refractivity contribution is 7.23. The largest absolute Gasteiger partial charge is 0.462 e. The van der Waals surface area contributed by atoms with Gasteiger partial charge in [-0.25, -0.2) is 4.79 Å². The molecule has 4 nitrogen and oxygen atoms in total. The number of nitrogens with one attached hydrogen (secondary N) is 1. The van der Waals surface area contributed by atoms with E-state index in [2.05, 4.69) is 5.32 Å². The van der Waals surface area contributed by atoms with Crippen molar-refractivity contribution < 1.29 is 14.3 Å². The fourth-order valence-corrected chi connectivity index (χ4v) is 3.66. The summed E-state index contributed by atoms with van der Waals surface area (Å²) in [5, 5.41) is 4.68. The molecule has 1 heterocycles. The fourth-order valence-electron chi connectivity index (χ4n) is 2.44. The number of hydrogen-bond acceptors (Lipinski definition) is 4. The molecule has 1 aromatic heterocycles. The van der Waals surface area contributed by atoms with Crippen molar-refractivity contribution in [2.24, 2.45) is 0 Å². The minimum absolute atomic E-state index is 0.271. The molecular formula is C20H16ClNO3S. The van der Waals surface area contributed by atoms with Crippen LogP contribution in [0.5, 0.6) is 0 Å². The van der Waals surface area contributed by atoms with Gasteiger partial charge in [-0.3, -0.25) is 4.79 Å². The Morgan fingerprint density at radius 3 is 2.62 bits per heavy atom. The lowest BCUT2D eigenvalue weighted by Gasteiger charge is -2.05. The third-order valence-electron chi connectivity index (χ3n) is 3.61. The molecular weight excluding hydrogens is 370 g/mol.